The second-order valence-corrected chi connectivity index (χ2v) is 7.94. The van der Waals surface area contributed by atoms with Crippen LogP contribution in [0.4, 0.5) is 0 Å². The highest BCUT2D eigenvalue weighted by atomic mass is 16.5. The summed E-state index contributed by atoms with van der Waals surface area (Å²) in [5, 5.41) is 6.29. The number of benzene rings is 1. The average Bonchev–Trinajstić information content (AvgIpc) is 3.18. The molecule has 1 amide bonds. The van der Waals surface area contributed by atoms with E-state index in [1.807, 2.05) is 6.92 Å². The van der Waals surface area contributed by atoms with Crippen molar-refractivity contribution in [2.75, 3.05) is 39.3 Å². The number of aryl methyl sites for hydroxylation is 3. The molecule has 0 saturated carbocycles. The number of rotatable bonds is 7. The summed E-state index contributed by atoms with van der Waals surface area (Å²) >= 11 is 0. The van der Waals surface area contributed by atoms with Crippen LogP contribution in [0.5, 0.6) is 0 Å². The molecule has 1 unspecified atom stereocenters. The van der Waals surface area contributed by atoms with Crippen molar-refractivity contribution >= 4 is 11.9 Å². The van der Waals surface area contributed by atoms with Gasteiger partial charge < -0.3 is 24.7 Å². The molecular weight excluding hydrogens is 392 g/mol. The maximum absolute atomic E-state index is 12.1. The summed E-state index contributed by atoms with van der Waals surface area (Å²) in [6.07, 6.45) is 2.32. The molecule has 1 saturated heterocycles. The number of carbonyl (C=O) groups excluding carboxylic acids is 1. The van der Waals surface area contributed by atoms with Crippen LogP contribution in [0.2, 0.25) is 0 Å². The second kappa shape index (κ2) is 11.0. The summed E-state index contributed by atoms with van der Waals surface area (Å²) in [5.74, 6) is 1.10. The normalized spacial score (nSPS) is 17.0. The molecule has 1 fully saturated rings. The number of ether oxygens (including phenoxy) is 1. The molecule has 0 radical (unpaired) electrons. The SMILES string of the molecule is CCNC(=NCCCNC(=O)c1occc1C)N1CCOC(c2ccc(C)cc2C)C1. The van der Waals surface area contributed by atoms with Gasteiger partial charge in [-0.2, -0.15) is 0 Å². The molecule has 1 aromatic carbocycles. The fraction of sp³-hybridized carbons (Fsp3) is 0.500. The summed E-state index contributed by atoms with van der Waals surface area (Å²) in [5.41, 5.74) is 4.60. The number of furan rings is 1. The smallest absolute Gasteiger partial charge is 0.287 e. The number of amides is 1. The molecule has 0 bridgehead atoms. The quantitative estimate of drug-likeness (QED) is 0.403. The Bertz CT molecular complexity index is 906. The highest BCUT2D eigenvalue weighted by Crippen LogP contribution is 2.26. The first-order chi connectivity index (χ1) is 15.0. The highest BCUT2D eigenvalue weighted by Gasteiger charge is 2.25. The minimum atomic E-state index is -0.178. The lowest BCUT2D eigenvalue weighted by Gasteiger charge is -2.36. The molecule has 3 rings (SSSR count). The van der Waals surface area contributed by atoms with Crippen LogP contribution in [0.25, 0.3) is 0 Å². The molecule has 0 spiro atoms. The van der Waals surface area contributed by atoms with Gasteiger partial charge in [-0.3, -0.25) is 9.79 Å². The van der Waals surface area contributed by atoms with E-state index >= 15 is 0 Å². The molecule has 1 aliphatic heterocycles. The van der Waals surface area contributed by atoms with Crippen LogP contribution in [0.15, 0.2) is 39.9 Å². The average molecular weight is 427 g/mol. The van der Waals surface area contributed by atoms with Crippen LogP contribution >= 0.6 is 0 Å². The molecule has 1 aliphatic rings. The lowest BCUT2D eigenvalue weighted by molar-refractivity contribution is -0.00833. The van der Waals surface area contributed by atoms with E-state index in [0.717, 1.165) is 37.6 Å². The van der Waals surface area contributed by atoms with Gasteiger partial charge in [0, 0.05) is 31.7 Å². The van der Waals surface area contributed by atoms with Gasteiger partial charge in [-0.15, -0.1) is 0 Å². The van der Waals surface area contributed by atoms with Crippen LogP contribution in [0, 0.1) is 20.8 Å². The first kappa shape index (κ1) is 22.9. The first-order valence-electron chi connectivity index (χ1n) is 11.0. The number of carbonyl (C=O) groups is 1. The van der Waals surface area contributed by atoms with Crippen molar-refractivity contribution in [3.63, 3.8) is 0 Å². The van der Waals surface area contributed by atoms with Crippen molar-refractivity contribution in [2.24, 2.45) is 4.99 Å². The Morgan fingerprint density at radius 3 is 2.74 bits per heavy atom. The third kappa shape index (κ3) is 6.10. The topological polar surface area (TPSA) is 79.1 Å². The first-order valence-corrected chi connectivity index (χ1v) is 11.0. The number of nitrogens with one attached hydrogen (secondary N) is 2. The van der Waals surface area contributed by atoms with Crippen molar-refractivity contribution in [1.82, 2.24) is 15.5 Å². The van der Waals surface area contributed by atoms with Crippen molar-refractivity contribution in [1.29, 1.82) is 0 Å². The fourth-order valence-corrected chi connectivity index (χ4v) is 3.79. The Balaban J connectivity index is 1.54. The molecule has 168 valence electrons. The van der Waals surface area contributed by atoms with E-state index in [1.165, 1.54) is 23.0 Å². The zero-order valence-electron chi connectivity index (χ0n) is 19.0. The summed E-state index contributed by atoms with van der Waals surface area (Å²) in [7, 11) is 0. The van der Waals surface area contributed by atoms with Crippen LogP contribution < -0.4 is 10.6 Å². The van der Waals surface area contributed by atoms with E-state index < -0.39 is 0 Å². The molecule has 1 aromatic heterocycles. The molecule has 31 heavy (non-hydrogen) atoms. The largest absolute Gasteiger partial charge is 0.459 e. The predicted octanol–water partition coefficient (Wildman–Crippen LogP) is 3.36. The molecule has 0 aliphatic carbocycles. The molecule has 1 atom stereocenters. The number of guanidine groups is 1. The van der Waals surface area contributed by atoms with Crippen LogP contribution in [0.3, 0.4) is 0 Å². The monoisotopic (exact) mass is 426 g/mol. The zero-order valence-corrected chi connectivity index (χ0v) is 19.0. The van der Waals surface area contributed by atoms with Crippen molar-refractivity contribution in [3.05, 3.63) is 58.5 Å². The summed E-state index contributed by atoms with van der Waals surface area (Å²) in [6.45, 7) is 12.4. The van der Waals surface area contributed by atoms with Gasteiger partial charge in [-0.05, 0) is 51.3 Å². The summed E-state index contributed by atoms with van der Waals surface area (Å²) < 4.78 is 11.3. The van der Waals surface area contributed by atoms with E-state index in [4.69, 9.17) is 14.1 Å². The third-order valence-electron chi connectivity index (χ3n) is 5.42. The number of hydrogen-bond donors (Lipinski definition) is 2. The van der Waals surface area contributed by atoms with E-state index in [0.29, 0.717) is 25.5 Å². The standard InChI is InChI=1S/C24H34N4O3/c1-5-25-24(27-11-6-10-26-23(29)22-18(3)9-13-31-22)28-12-14-30-21(16-28)20-8-7-17(2)15-19(20)4/h7-9,13,15,21H,5-6,10-12,14,16H2,1-4H3,(H,25,27)(H,26,29). The predicted molar refractivity (Wildman–Crippen MR) is 123 cm³/mol. The third-order valence-corrected chi connectivity index (χ3v) is 5.42. The minimum absolute atomic E-state index is 0.0361. The second-order valence-electron chi connectivity index (χ2n) is 7.94. The van der Waals surface area contributed by atoms with Gasteiger partial charge in [0.2, 0.25) is 0 Å². The fourth-order valence-electron chi connectivity index (χ4n) is 3.79. The maximum atomic E-state index is 12.1. The number of morpholine rings is 1. The van der Waals surface area contributed by atoms with Crippen molar-refractivity contribution in [3.8, 4) is 0 Å². The summed E-state index contributed by atoms with van der Waals surface area (Å²) in [4.78, 5) is 19.2. The van der Waals surface area contributed by atoms with E-state index in [1.54, 1.807) is 6.07 Å². The maximum Gasteiger partial charge on any atom is 0.287 e. The minimum Gasteiger partial charge on any atom is -0.459 e. The van der Waals surface area contributed by atoms with Gasteiger partial charge in [-0.25, -0.2) is 0 Å². The van der Waals surface area contributed by atoms with Gasteiger partial charge in [0.25, 0.3) is 5.91 Å². The zero-order chi connectivity index (χ0) is 22.2. The van der Waals surface area contributed by atoms with Gasteiger partial charge in [0.05, 0.1) is 19.4 Å². The molecule has 2 heterocycles. The van der Waals surface area contributed by atoms with Crippen LogP contribution in [-0.2, 0) is 4.74 Å². The molecule has 7 nitrogen and oxygen atoms in total. The Kier molecular flexibility index (Phi) is 8.12. The Morgan fingerprint density at radius 2 is 2.03 bits per heavy atom. The van der Waals surface area contributed by atoms with E-state index in [-0.39, 0.29) is 12.0 Å². The van der Waals surface area contributed by atoms with Gasteiger partial charge in [0.15, 0.2) is 11.7 Å². The Morgan fingerprint density at radius 1 is 1.19 bits per heavy atom. The molecule has 2 N–H and O–H groups in total. The number of hydrogen-bond acceptors (Lipinski definition) is 4. The van der Waals surface area contributed by atoms with Crippen molar-refractivity contribution in [2.45, 2.75) is 40.2 Å². The van der Waals surface area contributed by atoms with Crippen LogP contribution in [-0.4, -0.2) is 56.1 Å². The van der Waals surface area contributed by atoms with Gasteiger partial charge in [0.1, 0.15) is 6.10 Å². The molecule has 2 aromatic rings. The number of aliphatic imine (C=N–C) groups is 1. The Labute approximate surface area is 184 Å². The van der Waals surface area contributed by atoms with Gasteiger partial charge in [-0.1, -0.05) is 23.8 Å². The molecular formula is C24H34N4O3. The van der Waals surface area contributed by atoms with Gasteiger partial charge >= 0.3 is 0 Å². The lowest BCUT2D eigenvalue weighted by atomic mass is 10.00. The lowest BCUT2D eigenvalue weighted by Crippen LogP contribution is -2.48. The van der Waals surface area contributed by atoms with E-state index in [9.17, 15) is 4.79 Å². The highest BCUT2D eigenvalue weighted by molar-refractivity contribution is 5.92. The van der Waals surface area contributed by atoms with Crippen molar-refractivity contribution < 1.29 is 13.9 Å². The van der Waals surface area contributed by atoms with E-state index in [2.05, 4.69) is 54.5 Å². The Hall–Kier alpha value is -2.80. The summed E-state index contributed by atoms with van der Waals surface area (Å²) in [6, 6.07) is 8.31. The molecule has 7 heteroatoms. The van der Waals surface area contributed by atoms with Crippen LogP contribution in [0.1, 0.15) is 52.3 Å². The number of nitrogens with zero attached hydrogens (tertiary/aromatic N) is 2.